The van der Waals surface area contributed by atoms with Crippen LogP contribution in [-0.2, 0) is 18.3 Å². The lowest BCUT2D eigenvalue weighted by Crippen LogP contribution is -2.65. The van der Waals surface area contributed by atoms with Crippen LogP contribution >= 0.6 is 0 Å². The number of aromatic amines is 1. The third kappa shape index (κ3) is 6.02. The van der Waals surface area contributed by atoms with E-state index in [0.29, 0.717) is 32.4 Å². The molecule has 1 saturated heterocycles. The molecule has 0 unspecified atom stereocenters. The molecule has 5 heterocycles. The van der Waals surface area contributed by atoms with E-state index in [-0.39, 0.29) is 36.8 Å². The maximum Gasteiger partial charge on any atom is 0.451 e. The molecule has 0 aromatic carbocycles. The van der Waals surface area contributed by atoms with Crippen molar-refractivity contribution in [1.82, 2.24) is 44.9 Å². The summed E-state index contributed by atoms with van der Waals surface area (Å²) in [4.78, 5) is 21.3. The van der Waals surface area contributed by atoms with E-state index >= 15 is 0 Å². The number of halogens is 4. The molecular weight excluding hydrogens is 568 g/mol. The topological polar surface area (TPSA) is 133 Å². The SMILES string of the molecule is N#CCC1(n2cc(-c3ncnc4[nH]ccc34)cn2)CN([C@H]2CC[C@@H](Oc3cc(CNCCF)nc(C(F)(F)F)n3)CC2)C1. The quantitative estimate of drug-likeness (QED) is 0.205. The van der Waals surface area contributed by atoms with Crippen molar-refractivity contribution in [3.05, 3.63) is 48.6 Å². The number of ether oxygens (including phenoxy) is 1. The molecule has 1 saturated carbocycles. The number of nitrogens with zero attached hydrogens (tertiary/aromatic N) is 8. The van der Waals surface area contributed by atoms with Gasteiger partial charge in [0.2, 0.25) is 11.7 Å². The third-order valence-corrected chi connectivity index (χ3v) is 8.13. The second-order valence-corrected chi connectivity index (χ2v) is 11.0. The predicted molar refractivity (Wildman–Crippen MR) is 146 cm³/mol. The summed E-state index contributed by atoms with van der Waals surface area (Å²) in [5, 5.41) is 17.9. The fraction of sp³-hybridized carbons (Fsp3) is 0.500. The van der Waals surface area contributed by atoms with Gasteiger partial charge in [-0.1, -0.05) is 0 Å². The highest BCUT2D eigenvalue weighted by molar-refractivity contribution is 5.90. The smallest absolute Gasteiger partial charge is 0.451 e. The highest BCUT2D eigenvalue weighted by atomic mass is 19.4. The Morgan fingerprint density at radius 1 is 1.16 bits per heavy atom. The molecule has 0 spiro atoms. The molecule has 2 aliphatic rings. The van der Waals surface area contributed by atoms with Crippen LogP contribution in [0.2, 0.25) is 0 Å². The van der Waals surface area contributed by atoms with Crippen molar-refractivity contribution in [2.75, 3.05) is 26.3 Å². The minimum absolute atomic E-state index is 0.0122. The number of hydrogen-bond acceptors (Lipinski definition) is 9. The monoisotopic (exact) mass is 598 g/mol. The van der Waals surface area contributed by atoms with Crippen molar-refractivity contribution in [3.63, 3.8) is 0 Å². The summed E-state index contributed by atoms with van der Waals surface area (Å²) in [5.41, 5.74) is 2.00. The lowest BCUT2D eigenvalue weighted by atomic mass is 9.82. The standard InChI is InChI=1S/C28H30F4N10O/c29-7-10-34-13-19-11-23(40-26(39-19)28(30,31)32)43-21-3-1-20(2-4-21)41-15-27(16-41,6-8-33)42-14-18(12-38-42)24-22-5-9-35-25(22)37-17-36-24/h5,9,11-12,14,17,20-21,34H,1-4,6-7,10,13,15-16H2,(H,35,36,37)/t20-,21+. The summed E-state index contributed by atoms with van der Waals surface area (Å²) in [5.74, 6) is -1.40. The van der Waals surface area contributed by atoms with Gasteiger partial charge in [-0.3, -0.25) is 9.58 Å². The Morgan fingerprint density at radius 3 is 2.72 bits per heavy atom. The fourth-order valence-corrected chi connectivity index (χ4v) is 5.99. The van der Waals surface area contributed by atoms with Gasteiger partial charge in [0.1, 0.15) is 30.3 Å². The highest BCUT2D eigenvalue weighted by Crippen LogP contribution is 2.39. The number of fused-ring (bicyclic) bond motifs is 1. The number of nitrogens with one attached hydrogen (secondary N) is 2. The molecule has 0 radical (unpaired) electrons. The summed E-state index contributed by atoms with van der Waals surface area (Å²) >= 11 is 0. The Labute approximate surface area is 244 Å². The molecule has 2 fully saturated rings. The zero-order chi connectivity index (χ0) is 30.0. The van der Waals surface area contributed by atoms with Crippen molar-refractivity contribution < 1.29 is 22.3 Å². The van der Waals surface area contributed by atoms with Crippen LogP contribution in [0, 0.1) is 11.3 Å². The molecule has 43 heavy (non-hydrogen) atoms. The minimum atomic E-state index is -4.72. The molecule has 15 heteroatoms. The van der Waals surface area contributed by atoms with Gasteiger partial charge in [0.25, 0.3) is 0 Å². The Balaban J connectivity index is 1.08. The summed E-state index contributed by atoms with van der Waals surface area (Å²) in [6, 6.07) is 5.88. The maximum atomic E-state index is 13.4. The Morgan fingerprint density at radius 2 is 1.98 bits per heavy atom. The second kappa shape index (κ2) is 11.8. The Hall–Kier alpha value is -4.16. The van der Waals surface area contributed by atoms with Gasteiger partial charge in [0.05, 0.1) is 30.1 Å². The van der Waals surface area contributed by atoms with E-state index < -0.39 is 24.2 Å². The largest absolute Gasteiger partial charge is 0.474 e. The highest BCUT2D eigenvalue weighted by Gasteiger charge is 2.48. The number of aromatic nitrogens is 7. The van der Waals surface area contributed by atoms with Crippen molar-refractivity contribution in [2.45, 2.75) is 62.5 Å². The van der Waals surface area contributed by atoms with E-state index in [2.05, 4.69) is 46.3 Å². The molecule has 6 rings (SSSR count). The van der Waals surface area contributed by atoms with Gasteiger partial charge in [0, 0.05) is 61.6 Å². The van der Waals surface area contributed by atoms with Gasteiger partial charge in [0.15, 0.2) is 0 Å². The van der Waals surface area contributed by atoms with Gasteiger partial charge in [-0.15, -0.1) is 0 Å². The normalized spacial score (nSPS) is 20.5. The number of rotatable bonds is 10. The molecule has 0 bridgehead atoms. The lowest BCUT2D eigenvalue weighted by molar-refractivity contribution is -0.145. The maximum absolute atomic E-state index is 13.4. The van der Waals surface area contributed by atoms with Crippen molar-refractivity contribution in [3.8, 4) is 23.2 Å². The van der Waals surface area contributed by atoms with E-state index in [1.54, 1.807) is 6.20 Å². The molecule has 4 aromatic rings. The van der Waals surface area contributed by atoms with Crippen LogP contribution in [0.1, 0.15) is 43.6 Å². The minimum Gasteiger partial charge on any atom is -0.474 e. The van der Waals surface area contributed by atoms with Crippen LogP contribution in [-0.4, -0.2) is 78.1 Å². The first-order valence-corrected chi connectivity index (χ1v) is 14.1. The van der Waals surface area contributed by atoms with Crippen LogP contribution in [0.25, 0.3) is 22.3 Å². The van der Waals surface area contributed by atoms with E-state index in [0.717, 1.165) is 35.1 Å². The van der Waals surface area contributed by atoms with Crippen LogP contribution in [0.5, 0.6) is 5.88 Å². The van der Waals surface area contributed by atoms with E-state index in [9.17, 15) is 22.8 Å². The molecule has 1 aliphatic heterocycles. The average Bonchev–Trinajstić information content (AvgIpc) is 3.65. The zero-order valence-corrected chi connectivity index (χ0v) is 23.2. The molecule has 4 aromatic heterocycles. The van der Waals surface area contributed by atoms with Crippen LogP contribution in [0.3, 0.4) is 0 Å². The number of likely N-dealkylation sites (tertiary alicyclic amines) is 1. The van der Waals surface area contributed by atoms with Gasteiger partial charge < -0.3 is 15.0 Å². The first-order chi connectivity index (χ1) is 20.8. The molecule has 11 nitrogen and oxygen atoms in total. The first-order valence-electron chi connectivity index (χ1n) is 14.1. The summed E-state index contributed by atoms with van der Waals surface area (Å²) in [6.45, 7) is 0.681. The molecule has 1 aliphatic carbocycles. The van der Waals surface area contributed by atoms with Crippen molar-refractivity contribution >= 4 is 11.0 Å². The van der Waals surface area contributed by atoms with Crippen molar-refractivity contribution in [1.29, 1.82) is 5.26 Å². The van der Waals surface area contributed by atoms with E-state index in [1.165, 1.54) is 12.4 Å². The number of H-pyrrole nitrogens is 1. The molecule has 2 N–H and O–H groups in total. The second-order valence-electron chi connectivity index (χ2n) is 11.0. The summed E-state index contributed by atoms with van der Waals surface area (Å²) < 4.78 is 60.3. The van der Waals surface area contributed by atoms with Gasteiger partial charge in [-0.25, -0.2) is 19.3 Å². The average molecular weight is 599 g/mol. The zero-order valence-electron chi connectivity index (χ0n) is 23.2. The first kappa shape index (κ1) is 28.9. The Bertz CT molecular complexity index is 1600. The van der Waals surface area contributed by atoms with Gasteiger partial charge in [-0.05, 0) is 31.7 Å². The summed E-state index contributed by atoms with van der Waals surface area (Å²) in [7, 11) is 0. The fourth-order valence-electron chi connectivity index (χ4n) is 5.99. The molecular formula is C28H30F4N10O. The third-order valence-electron chi connectivity index (χ3n) is 8.13. The lowest BCUT2D eigenvalue weighted by Gasteiger charge is -2.53. The molecule has 0 amide bonds. The summed E-state index contributed by atoms with van der Waals surface area (Å²) in [6.07, 6.45) is 5.22. The Kier molecular flexibility index (Phi) is 7.97. The van der Waals surface area contributed by atoms with Gasteiger partial charge >= 0.3 is 6.18 Å². The number of alkyl halides is 4. The van der Waals surface area contributed by atoms with Crippen molar-refractivity contribution in [2.24, 2.45) is 0 Å². The molecule has 0 atom stereocenters. The predicted octanol–water partition coefficient (Wildman–Crippen LogP) is 4.00. The number of hydrogen-bond donors (Lipinski definition) is 2. The van der Waals surface area contributed by atoms with Gasteiger partial charge in [-0.2, -0.15) is 28.5 Å². The van der Waals surface area contributed by atoms with E-state index in [4.69, 9.17) is 4.74 Å². The molecule has 226 valence electrons. The van der Waals surface area contributed by atoms with Crippen LogP contribution in [0.4, 0.5) is 17.6 Å². The van der Waals surface area contributed by atoms with Crippen LogP contribution in [0.15, 0.2) is 37.1 Å². The van der Waals surface area contributed by atoms with E-state index in [1.807, 2.05) is 23.1 Å². The number of nitriles is 1. The van der Waals surface area contributed by atoms with Crippen LogP contribution < -0.4 is 10.1 Å².